The minimum Gasteiger partial charge on any atom is -0.481 e. The molecule has 1 aromatic heterocycles. The van der Waals surface area contributed by atoms with Gasteiger partial charge in [-0.2, -0.15) is 0 Å². The fraction of sp³-hybridized carbons (Fsp3) is 0.733. The molecule has 2 atom stereocenters. The van der Waals surface area contributed by atoms with Crippen LogP contribution in [0.1, 0.15) is 36.7 Å². The van der Waals surface area contributed by atoms with E-state index >= 15 is 0 Å². The predicted octanol–water partition coefficient (Wildman–Crippen LogP) is -0.815. The number of urea groups is 1. The Kier molecular flexibility index (Phi) is 7.30. The van der Waals surface area contributed by atoms with Gasteiger partial charge in [-0.1, -0.05) is 0 Å². The Balaban J connectivity index is 2.12. The van der Waals surface area contributed by atoms with Crippen LogP contribution in [0.25, 0.3) is 0 Å². The zero-order valence-corrected chi connectivity index (χ0v) is 15.0. The Bertz CT molecular complexity index is 601. The number of rotatable bonds is 8. The van der Waals surface area contributed by atoms with Crippen molar-refractivity contribution in [3.8, 4) is 0 Å². The van der Waals surface area contributed by atoms with Gasteiger partial charge in [0.2, 0.25) is 11.8 Å². The van der Waals surface area contributed by atoms with Crippen LogP contribution in [0.4, 0.5) is 4.79 Å². The van der Waals surface area contributed by atoms with Gasteiger partial charge in [0.1, 0.15) is 12.1 Å². The van der Waals surface area contributed by atoms with Gasteiger partial charge in [0.15, 0.2) is 0 Å². The van der Waals surface area contributed by atoms with Gasteiger partial charge in [-0.3, -0.25) is 9.69 Å². The normalized spacial score (nSPS) is 17.2. The van der Waals surface area contributed by atoms with Gasteiger partial charge < -0.3 is 30.2 Å². The molecule has 1 fully saturated rings. The average Bonchev–Trinajstić information content (AvgIpc) is 3.08. The number of aliphatic hydroxyl groups excluding tert-OH is 1. The fourth-order valence-corrected chi connectivity index (χ4v) is 2.62. The molecule has 0 aromatic carbocycles. The van der Waals surface area contributed by atoms with E-state index in [1.54, 1.807) is 23.9 Å². The molecule has 2 amide bonds. The number of hydrogen-bond donors (Lipinski definition) is 4. The number of aliphatic carboxylic acids is 1. The Morgan fingerprint density at radius 2 is 1.96 bits per heavy atom. The maximum atomic E-state index is 12.4. The molecule has 2 rings (SSSR count). The fourth-order valence-electron chi connectivity index (χ4n) is 2.62. The van der Waals surface area contributed by atoms with Gasteiger partial charge in [0.25, 0.3) is 0 Å². The number of amides is 2. The molecule has 0 bridgehead atoms. The van der Waals surface area contributed by atoms with Gasteiger partial charge in [0.05, 0.1) is 6.61 Å². The number of nitrogens with zero attached hydrogens (tertiary/aromatic N) is 4. The third-order valence-corrected chi connectivity index (χ3v) is 4.18. The first kappa shape index (κ1) is 20.1. The highest BCUT2D eigenvalue weighted by Gasteiger charge is 2.27. The SMILES string of the molecule is CN(C)[C@@H](CO)c1nnc([C@H](CCC(=O)O)NC(=O)N2CCNCC2)o1. The lowest BCUT2D eigenvalue weighted by Crippen LogP contribution is -2.50. The van der Waals surface area contributed by atoms with Crippen LogP contribution in [0.15, 0.2) is 4.42 Å². The number of carboxylic acids is 1. The van der Waals surface area contributed by atoms with E-state index in [4.69, 9.17) is 9.52 Å². The first-order chi connectivity index (χ1) is 12.4. The summed E-state index contributed by atoms with van der Waals surface area (Å²) in [7, 11) is 3.53. The summed E-state index contributed by atoms with van der Waals surface area (Å²) in [6, 6.07) is -1.48. The monoisotopic (exact) mass is 370 g/mol. The van der Waals surface area contributed by atoms with E-state index < -0.39 is 18.1 Å². The van der Waals surface area contributed by atoms with Crippen LogP contribution >= 0.6 is 0 Å². The third-order valence-electron chi connectivity index (χ3n) is 4.18. The quantitative estimate of drug-likeness (QED) is 0.461. The van der Waals surface area contributed by atoms with Crippen molar-refractivity contribution < 1.29 is 24.2 Å². The molecule has 1 aliphatic rings. The van der Waals surface area contributed by atoms with Crippen LogP contribution in [-0.2, 0) is 4.79 Å². The van der Waals surface area contributed by atoms with Crippen molar-refractivity contribution in [1.82, 2.24) is 30.6 Å². The zero-order valence-electron chi connectivity index (χ0n) is 15.0. The zero-order chi connectivity index (χ0) is 19.1. The first-order valence-electron chi connectivity index (χ1n) is 8.51. The Hall–Kier alpha value is -2.24. The van der Waals surface area contributed by atoms with Crippen LogP contribution in [0.5, 0.6) is 0 Å². The van der Waals surface area contributed by atoms with Crippen LogP contribution in [-0.4, -0.2) is 89.1 Å². The van der Waals surface area contributed by atoms with E-state index in [1.807, 2.05) is 0 Å². The van der Waals surface area contributed by atoms with Crippen LogP contribution in [0, 0.1) is 0 Å². The average molecular weight is 370 g/mol. The van der Waals surface area contributed by atoms with Gasteiger partial charge in [-0.15, -0.1) is 10.2 Å². The third kappa shape index (κ3) is 5.38. The molecule has 1 aliphatic heterocycles. The molecule has 0 aliphatic carbocycles. The van der Waals surface area contributed by atoms with E-state index in [9.17, 15) is 14.7 Å². The number of likely N-dealkylation sites (N-methyl/N-ethyl adjacent to an activating group) is 1. The number of nitrogens with one attached hydrogen (secondary N) is 2. The summed E-state index contributed by atoms with van der Waals surface area (Å²) in [4.78, 5) is 26.7. The van der Waals surface area contributed by atoms with Gasteiger partial charge in [-0.05, 0) is 20.5 Å². The van der Waals surface area contributed by atoms with E-state index in [-0.39, 0.29) is 37.3 Å². The van der Waals surface area contributed by atoms with E-state index in [1.165, 1.54) is 0 Å². The number of piperazine rings is 1. The van der Waals surface area contributed by atoms with Crippen molar-refractivity contribution >= 4 is 12.0 Å². The lowest BCUT2D eigenvalue weighted by molar-refractivity contribution is -0.137. The molecule has 1 saturated heterocycles. The van der Waals surface area contributed by atoms with Crippen LogP contribution in [0.2, 0.25) is 0 Å². The molecule has 0 spiro atoms. The molecule has 0 radical (unpaired) electrons. The molecule has 0 unspecified atom stereocenters. The van der Waals surface area contributed by atoms with Crippen LogP contribution in [0.3, 0.4) is 0 Å². The second-order valence-corrected chi connectivity index (χ2v) is 6.31. The largest absolute Gasteiger partial charge is 0.481 e. The molecule has 1 aromatic rings. The van der Waals surface area contributed by atoms with Gasteiger partial charge in [-0.25, -0.2) is 4.79 Å². The maximum Gasteiger partial charge on any atom is 0.318 e. The Morgan fingerprint density at radius 3 is 2.54 bits per heavy atom. The van der Waals surface area contributed by atoms with Crippen molar-refractivity contribution in [2.75, 3.05) is 46.9 Å². The Morgan fingerprint density at radius 1 is 1.31 bits per heavy atom. The van der Waals surface area contributed by atoms with Gasteiger partial charge >= 0.3 is 12.0 Å². The summed E-state index contributed by atoms with van der Waals surface area (Å²) in [5.74, 6) is -0.637. The number of aromatic nitrogens is 2. The van der Waals surface area contributed by atoms with Crippen molar-refractivity contribution in [2.24, 2.45) is 0 Å². The molecule has 2 heterocycles. The summed E-state index contributed by atoms with van der Waals surface area (Å²) in [6.07, 6.45) is -0.0259. The molecular weight excluding hydrogens is 344 g/mol. The number of aliphatic hydroxyl groups is 1. The molecule has 26 heavy (non-hydrogen) atoms. The number of carboxylic acid groups (broad SMARTS) is 1. The lowest BCUT2D eigenvalue weighted by Gasteiger charge is -2.29. The molecule has 11 nitrogen and oxygen atoms in total. The summed E-state index contributed by atoms with van der Waals surface area (Å²) < 4.78 is 5.62. The standard InChI is InChI=1S/C15H26N6O5/c1-20(2)11(9-22)14-19-18-13(26-14)10(3-4-12(23)24)17-15(25)21-7-5-16-6-8-21/h10-11,16,22H,3-9H2,1-2H3,(H,17,25)(H,23,24)/t10-,11-/m0/s1. The van der Waals surface area contributed by atoms with E-state index in [2.05, 4.69) is 20.8 Å². The second kappa shape index (κ2) is 9.46. The van der Waals surface area contributed by atoms with Crippen molar-refractivity contribution in [3.63, 3.8) is 0 Å². The topological polar surface area (TPSA) is 144 Å². The summed E-state index contributed by atoms with van der Waals surface area (Å²) in [6.45, 7) is 2.35. The number of carbonyl (C=O) groups is 2. The molecule has 11 heteroatoms. The number of hydrogen-bond acceptors (Lipinski definition) is 8. The lowest BCUT2D eigenvalue weighted by atomic mass is 10.1. The summed E-state index contributed by atoms with van der Waals surface area (Å²) in [5.41, 5.74) is 0. The Labute approximate surface area is 151 Å². The predicted molar refractivity (Wildman–Crippen MR) is 90.4 cm³/mol. The highest BCUT2D eigenvalue weighted by atomic mass is 16.4. The maximum absolute atomic E-state index is 12.4. The molecule has 146 valence electrons. The van der Waals surface area contributed by atoms with E-state index in [0.717, 1.165) is 0 Å². The van der Waals surface area contributed by atoms with Crippen molar-refractivity contribution in [2.45, 2.75) is 24.9 Å². The minimum atomic E-state index is -0.979. The smallest absolute Gasteiger partial charge is 0.318 e. The highest BCUT2D eigenvalue weighted by molar-refractivity contribution is 5.75. The van der Waals surface area contributed by atoms with E-state index in [0.29, 0.717) is 26.2 Å². The molecular formula is C15H26N6O5. The second-order valence-electron chi connectivity index (χ2n) is 6.31. The van der Waals surface area contributed by atoms with Crippen molar-refractivity contribution in [1.29, 1.82) is 0 Å². The first-order valence-corrected chi connectivity index (χ1v) is 8.51. The van der Waals surface area contributed by atoms with Crippen LogP contribution < -0.4 is 10.6 Å². The summed E-state index contributed by atoms with van der Waals surface area (Å²) in [5, 5.41) is 32.2. The summed E-state index contributed by atoms with van der Waals surface area (Å²) >= 11 is 0. The minimum absolute atomic E-state index is 0.126. The van der Waals surface area contributed by atoms with Gasteiger partial charge in [0, 0.05) is 32.6 Å². The molecule has 4 N–H and O–H groups in total. The van der Waals surface area contributed by atoms with Crippen molar-refractivity contribution in [3.05, 3.63) is 11.8 Å². The molecule has 0 saturated carbocycles. The highest BCUT2D eigenvalue weighted by Crippen LogP contribution is 2.22. The number of carbonyl (C=O) groups excluding carboxylic acids is 1.